The van der Waals surface area contributed by atoms with Gasteiger partial charge < -0.3 is 0 Å². The second-order valence-corrected chi connectivity index (χ2v) is 9.12. The topological polar surface area (TPSA) is 34.7 Å². The third-order valence-electron chi connectivity index (χ3n) is 6.95. The van der Waals surface area contributed by atoms with Crippen LogP contribution in [0, 0.1) is 13.8 Å². The lowest BCUT2D eigenvalue weighted by molar-refractivity contribution is -0.683. The Morgan fingerprint density at radius 2 is 0.917 bits per heavy atom. The maximum Gasteiger partial charge on any atom is 0.259 e. The van der Waals surface area contributed by atoms with E-state index < -0.39 is 0 Å². The third kappa shape index (κ3) is 3.60. The first-order valence-corrected chi connectivity index (χ1v) is 12.3. The van der Waals surface area contributed by atoms with Gasteiger partial charge in [0.25, 0.3) is 11.6 Å². The van der Waals surface area contributed by atoms with Crippen LogP contribution in [0.25, 0.3) is 33.4 Å². The van der Waals surface area contributed by atoms with Gasteiger partial charge in [-0.2, -0.15) is 9.13 Å². The number of imidazole rings is 2. The summed E-state index contributed by atoms with van der Waals surface area (Å²) >= 11 is 0. The number of carbonyl (C=O) groups excluding carboxylic acids is 1. The van der Waals surface area contributed by atoms with Gasteiger partial charge in [-0.25, -0.2) is 9.13 Å². The first kappa shape index (κ1) is 22.0. The number of aromatic nitrogens is 4. The van der Waals surface area contributed by atoms with Crippen LogP contribution in [0.4, 0.5) is 0 Å². The van der Waals surface area contributed by atoms with Gasteiger partial charge in [0, 0.05) is 13.8 Å². The Kier molecular flexibility index (Phi) is 5.45. The van der Waals surface area contributed by atoms with E-state index in [0.717, 1.165) is 45.1 Å². The molecule has 0 amide bonds. The second kappa shape index (κ2) is 8.93. The fourth-order valence-corrected chi connectivity index (χ4v) is 5.31. The monoisotopic (exact) mass is 472 g/mol. The molecule has 0 N–H and O–H groups in total. The largest absolute Gasteiger partial charge is 0.291 e. The van der Waals surface area contributed by atoms with Crippen molar-refractivity contribution in [2.45, 2.75) is 26.9 Å². The number of carbonyl (C=O) groups is 1. The normalized spacial score (nSPS) is 11.4. The molecular weight excluding hydrogens is 444 g/mol. The number of hydrogen-bond donors (Lipinski definition) is 0. The number of fused-ring (bicyclic) bond motifs is 2. The van der Waals surface area contributed by atoms with Crippen LogP contribution < -0.4 is 9.13 Å². The summed E-state index contributed by atoms with van der Waals surface area (Å²) in [6.45, 7) is 4.78. The number of Topliss-reactive ketones (excluding diaryl/α,β-unsaturated/α-hetero) is 1. The fraction of sp³-hybridized carbons (Fsp3) is 0.129. The van der Waals surface area contributed by atoms with Crippen LogP contribution in [-0.2, 0) is 17.9 Å². The van der Waals surface area contributed by atoms with Crippen LogP contribution in [0.3, 0.4) is 0 Å². The van der Waals surface area contributed by atoms with Gasteiger partial charge in [-0.05, 0) is 48.5 Å². The van der Waals surface area contributed by atoms with Crippen LogP contribution in [0.5, 0.6) is 0 Å². The van der Waals surface area contributed by atoms with Crippen LogP contribution in [-0.4, -0.2) is 14.9 Å². The van der Waals surface area contributed by atoms with Crippen LogP contribution in [0.15, 0.2) is 109 Å². The Morgan fingerprint density at radius 3 is 1.33 bits per heavy atom. The van der Waals surface area contributed by atoms with Gasteiger partial charge in [0.1, 0.15) is 11.4 Å². The van der Waals surface area contributed by atoms with E-state index >= 15 is 0 Å². The molecule has 0 aliphatic carbocycles. The smallest absolute Gasteiger partial charge is 0.259 e. The Labute approximate surface area is 210 Å². The van der Waals surface area contributed by atoms with E-state index in [9.17, 15) is 4.79 Å². The highest BCUT2D eigenvalue weighted by molar-refractivity contribution is 5.80. The number of para-hydroxylation sites is 6. The second-order valence-electron chi connectivity index (χ2n) is 9.12. The molecule has 5 heteroatoms. The minimum Gasteiger partial charge on any atom is -0.291 e. The van der Waals surface area contributed by atoms with Crippen LogP contribution in [0.2, 0.25) is 0 Å². The average Bonchev–Trinajstić information content (AvgIpc) is 3.35. The molecule has 0 spiro atoms. The van der Waals surface area contributed by atoms with E-state index in [1.807, 2.05) is 60.7 Å². The molecule has 0 atom stereocenters. The molecular formula is C31H28N4O+2. The van der Waals surface area contributed by atoms with Crippen molar-refractivity contribution in [1.29, 1.82) is 0 Å². The molecule has 6 aromatic rings. The van der Waals surface area contributed by atoms with E-state index in [1.54, 1.807) is 0 Å². The molecule has 5 nitrogen and oxygen atoms in total. The molecule has 0 aliphatic rings. The predicted molar refractivity (Wildman–Crippen MR) is 141 cm³/mol. The number of ketones is 1. The summed E-state index contributed by atoms with van der Waals surface area (Å²) in [5, 5.41) is 0. The average molecular weight is 473 g/mol. The van der Waals surface area contributed by atoms with Gasteiger partial charge in [-0.3, -0.25) is 4.79 Å². The highest BCUT2D eigenvalue weighted by Gasteiger charge is 2.28. The molecule has 0 saturated carbocycles. The number of nitrogens with zero attached hydrogens (tertiary/aromatic N) is 4. The molecule has 0 aliphatic heterocycles. The molecule has 0 saturated heterocycles. The summed E-state index contributed by atoms with van der Waals surface area (Å²) in [4.78, 5) is 13.6. The van der Waals surface area contributed by atoms with Crippen molar-refractivity contribution in [1.82, 2.24) is 9.13 Å². The van der Waals surface area contributed by atoms with Crippen molar-refractivity contribution in [2.24, 2.45) is 0 Å². The Bertz CT molecular complexity index is 1580. The quantitative estimate of drug-likeness (QED) is 0.313. The molecule has 176 valence electrons. The van der Waals surface area contributed by atoms with Crippen LogP contribution in [0.1, 0.15) is 11.6 Å². The van der Waals surface area contributed by atoms with Gasteiger partial charge in [0.15, 0.2) is 35.2 Å². The van der Waals surface area contributed by atoms with E-state index in [0.29, 0.717) is 13.1 Å². The summed E-state index contributed by atoms with van der Waals surface area (Å²) in [7, 11) is 0. The molecule has 36 heavy (non-hydrogen) atoms. The zero-order valence-electron chi connectivity index (χ0n) is 20.5. The molecule has 0 fully saturated rings. The highest BCUT2D eigenvalue weighted by atomic mass is 16.1. The zero-order valence-corrected chi connectivity index (χ0v) is 20.5. The maximum atomic E-state index is 13.6. The highest BCUT2D eigenvalue weighted by Crippen LogP contribution is 2.21. The van der Waals surface area contributed by atoms with E-state index in [1.165, 1.54) is 0 Å². The molecule has 0 bridgehead atoms. The third-order valence-corrected chi connectivity index (χ3v) is 6.95. The Morgan fingerprint density at radius 1 is 0.556 bits per heavy atom. The van der Waals surface area contributed by atoms with Gasteiger partial charge >= 0.3 is 0 Å². The number of benzene rings is 4. The molecule has 2 aromatic heterocycles. The molecule has 0 radical (unpaired) electrons. The van der Waals surface area contributed by atoms with Gasteiger partial charge in [0.05, 0.1) is 0 Å². The fourth-order valence-electron chi connectivity index (χ4n) is 5.31. The molecule has 6 rings (SSSR count). The lowest BCUT2D eigenvalue weighted by Crippen LogP contribution is -2.47. The summed E-state index contributed by atoms with van der Waals surface area (Å²) in [6.07, 6.45) is 0. The number of hydrogen-bond acceptors (Lipinski definition) is 1. The van der Waals surface area contributed by atoms with Crippen molar-refractivity contribution < 1.29 is 13.9 Å². The molecule has 4 aromatic carbocycles. The first-order valence-electron chi connectivity index (χ1n) is 12.3. The summed E-state index contributed by atoms with van der Waals surface area (Å²) in [5.74, 6) is 2.22. The van der Waals surface area contributed by atoms with Crippen molar-refractivity contribution in [2.75, 3.05) is 0 Å². The van der Waals surface area contributed by atoms with Crippen LogP contribution >= 0.6 is 0 Å². The summed E-state index contributed by atoms with van der Waals surface area (Å²) in [5.41, 5.74) is 6.49. The zero-order chi connectivity index (χ0) is 24.6. The predicted octanol–water partition coefficient (Wildman–Crippen LogP) is 5.04. The lowest BCUT2D eigenvalue weighted by Gasteiger charge is -2.03. The maximum absolute atomic E-state index is 13.6. The molecule has 2 heterocycles. The molecule has 0 unspecified atom stereocenters. The van der Waals surface area contributed by atoms with Crippen molar-refractivity contribution in [3.8, 4) is 11.4 Å². The van der Waals surface area contributed by atoms with Gasteiger partial charge in [-0.15, -0.1) is 0 Å². The Hall–Kier alpha value is -4.51. The minimum absolute atomic E-state index is 0.156. The van der Waals surface area contributed by atoms with E-state index in [2.05, 4.69) is 80.6 Å². The van der Waals surface area contributed by atoms with E-state index in [4.69, 9.17) is 0 Å². The van der Waals surface area contributed by atoms with Crippen molar-refractivity contribution in [3.63, 3.8) is 0 Å². The van der Waals surface area contributed by atoms with Crippen molar-refractivity contribution in [3.05, 3.63) is 121 Å². The lowest BCUT2D eigenvalue weighted by atomic mass is 10.2. The SMILES string of the molecule is Cc1n(-c2ccccc2)c2ccccc2[n+]1CC(=O)C[n+]1c(C)n(-c2ccccc2)c2ccccc21. The summed E-state index contributed by atoms with van der Waals surface area (Å²) < 4.78 is 8.72. The standard InChI is InChI=1S/C31H28N4O/c1-23-32(28-17-9-11-19-30(28)34(23)25-13-5-3-6-14-25)21-27(36)22-33-24(2)35(26-15-7-4-8-16-26)31-20-12-10-18-29(31)33/h3-20H,21-22H2,1-2H3/q+2. The first-order chi connectivity index (χ1) is 17.6. The number of rotatable bonds is 6. The van der Waals surface area contributed by atoms with E-state index in [-0.39, 0.29) is 5.78 Å². The minimum atomic E-state index is 0.156. The van der Waals surface area contributed by atoms with Gasteiger partial charge in [-0.1, -0.05) is 60.7 Å². The van der Waals surface area contributed by atoms with Gasteiger partial charge in [0.2, 0.25) is 5.78 Å². The summed E-state index contributed by atoms with van der Waals surface area (Å²) in [6, 6.07) is 37.2. The van der Waals surface area contributed by atoms with Crippen molar-refractivity contribution >= 4 is 27.9 Å². The Balaban J connectivity index is 1.40.